The van der Waals surface area contributed by atoms with E-state index in [0.717, 1.165) is 6.42 Å². The molecule has 2 heterocycles. The topological polar surface area (TPSA) is 41.5 Å². The third-order valence-corrected chi connectivity index (χ3v) is 5.33. The number of rotatable bonds is 9. The van der Waals surface area contributed by atoms with Crippen molar-refractivity contribution in [3.05, 3.63) is 44.8 Å². The Bertz CT molecular complexity index is 494. The molecule has 2 aromatic heterocycles. The summed E-state index contributed by atoms with van der Waals surface area (Å²) in [5.41, 5.74) is -0.749. The minimum atomic E-state index is -0.749. The molecule has 3 nitrogen and oxygen atoms in total. The number of hydrogen-bond donors (Lipinski definition) is 2. The number of methoxy groups -OCH3 is 1. The Morgan fingerprint density at radius 3 is 2.67 bits per heavy atom. The summed E-state index contributed by atoms with van der Waals surface area (Å²) in [6, 6.07) is 8.72. The van der Waals surface area contributed by atoms with Crippen molar-refractivity contribution in [1.29, 1.82) is 0 Å². The molecule has 0 bridgehead atoms. The second-order valence-electron chi connectivity index (χ2n) is 5.47. The van der Waals surface area contributed by atoms with Crippen LogP contribution in [0.1, 0.15) is 29.1 Å². The highest BCUT2D eigenvalue weighted by atomic mass is 32.1. The molecule has 2 N–H and O–H groups in total. The Hall–Kier alpha value is -0.720. The number of aliphatic hydroxyl groups is 1. The average molecular weight is 325 g/mol. The summed E-state index contributed by atoms with van der Waals surface area (Å²) >= 11 is 3.54. The maximum absolute atomic E-state index is 10.4. The van der Waals surface area contributed by atoms with Crippen molar-refractivity contribution in [2.45, 2.75) is 31.4 Å². The molecule has 2 unspecified atom stereocenters. The molecule has 0 saturated heterocycles. The van der Waals surface area contributed by atoms with Gasteiger partial charge in [0.15, 0.2) is 0 Å². The van der Waals surface area contributed by atoms with E-state index >= 15 is 0 Å². The first kappa shape index (κ1) is 16.6. The fourth-order valence-electron chi connectivity index (χ4n) is 2.15. The first-order valence-corrected chi connectivity index (χ1v) is 8.87. The van der Waals surface area contributed by atoms with Gasteiger partial charge in [-0.15, -0.1) is 22.7 Å². The summed E-state index contributed by atoms with van der Waals surface area (Å²) in [4.78, 5) is 2.67. The average Bonchev–Trinajstić information content (AvgIpc) is 3.14. The minimum absolute atomic E-state index is 0.248. The molecule has 116 valence electrons. The highest BCUT2D eigenvalue weighted by Crippen LogP contribution is 2.25. The van der Waals surface area contributed by atoms with E-state index in [1.165, 1.54) is 9.75 Å². The first-order valence-electron chi connectivity index (χ1n) is 7.11. The Morgan fingerprint density at radius 1 is 1.29 bits per heavy atom. The Morgan fingerprint density at radius 2 is 2.05 bits per heavy atom. The number of hydrogen-bond acceptors (Lipinski definition) is 5. The van der Waals surface area contributed by atoms with Gasteiger partial charge < -0.3 is 15.2 Å². The summed E-state index contributed by atoms with van der Waals surface area (Å²) in [5.74, 6) is 0. The van der Waals surface area contributed by atoms with Gasteiger partial charge in [-0.25, -0.2) is 0 Å². The molecule has 2 atom stereocenters. The molecule has 0 aliphatic heterocycles. The van der Waals surface area contributed by atoms with E-state index in [9.17, 15) is 5.11 Å². The summed E-state index contributed by atoms with van der Waals surface area (Å²) in [6.07, 6.45) is 1.59. The molecule has 0 aliphatic rings. The summed E-state index contributed by atoms with van der Waals surface area (Å²) in [5, 5.41) is 18.1. The van der Waals surface area contributed by atoms with Crippen LogP contribution in [0, 0.1) is 0 Å². The van der Waals surface area contributed by atoms with Gasteiger partial charge in [-0.05, 0) is 29.8 Å². The Labute approximate surface area is 134 Å². The second-order valence-corrected chi connectivity index (χ2v) is 7.48. The second kappa shape index (κ2) is 8.06. The third-order valence-electron chi connectivity index (χ3n) is 3.45. The van der Waals surface area contributed by atoms with Crippen molar-refractivity contribution in [3.63, 3.8) is 0 Å². The van der Waals surface area contributed by atoms with Crippen molar-refractivity contribution >= 4 is 22.7 Å². The zero-order chi connectivity index (χ0) is 15.1. The highest BCUT2D eigenvalue weighted by Gasteiger charge is 2.23. The van der Waals surface area contributed by atoms with Gasteiger partial charge in [-0.2, -0.15) is 0 Å². The van der Waals surface area contributed by atoms with Gasteiger partial charge in [0.05, 0.1) is 5.60 Å². The van der Waals surface area contributed by atoms with Gasteiger partial charge in [-0.1, -0.05) is 12.1 Å². The van der Waals surface area contributed by atoms with Crippen LogP contribution in [0.5, 0.6) is 0 Å². The van der Waals surface area contributed by atoms with Crippen LogP contribution in [0.3, 0.4) is 0 Å². The smallest absolute Gasteiger partial charge is 0.0765 e. The lowest BCUT2D eigenvalue weighted by Crippen LogP contribution is -2.40. The van der Waals surface area contributed by atoms with Crippen molar-refractivity contribution in [1.82, 2.24) is 5.32 Å². The van der Waals surface area contributed by atoms with Gasteiger partial charge in [0, 0.05) is 48.9 Å². The summed E-state index contributed by atoms with van der Waals surface area (Å²) in [6.45, 7) is 2.99. The number of nitrogens with one attached hydrogen (secondary N) is 1. The zero-order valence-corrected chi connectivity index (χ0v) is 14.2. The largest absolute Gasteiger partial charge is 0.389 e. The van der Waals surface area contributed by atoms with E-state index in [0.29, 0.717) is 19.6 Å². The quantitative estimate of drug-likeness (QED) is 0.742. The Kier molecular flexibility index (Phi) is 6.39. The molecule has 2 rings (SSSR count). The van der Waals surface area contributed by atoms with E-state index in [2.05, 4.69) is 40.3 Å². The molecule has 0 spiro atoms. The fraction of sp³-hybridized carbons (Fsp3) is 0.500. The lowest BCUT2D eigenvalue weighted by Gasteiger charge is -2.26. The van der Waals surface area contributed by atoms with E-state index in [4.69, 9.17) is 4.74 Å². The molecular weight excluding hydrogens is 302 g/mol. The van der Waals surface area contributed by atoms with Gasteiger partial charge >= 0.3 is 0 Å². The van der Waals surface area contributed by atoms with Gasteiger partial charge in [0.25, 0.3) is 0 Å². The lowest BCUT2D eigenvalue weighted by molar-refractivity contribution is 0.0228. The normalized spacial score (nSPS) is 15.8. The molecule has 2 aromatic rings. The van der Waals surface area contributed by atoms with Crippen LogP contribution in [0.15, 0.2) is 35.0 Å². The molecule has 0 fully saturated rings. The van der Waals surface area contributed by atoms with E-state index in [-0.39, 0.29) is 6.04 Å². The van der Waals surface area contributed by atoms with Gasteiger partial charge in [0.2, 0.25) is 0 Å². The van der Waals surface area contributed by atoms with Crippen LogP contribution in [0.4, 0.5) is 0 Å². The zero-order valence-electron chi connectivity index (χ0n) is 12.5. The van der Waals surface area contributed by atoms with Crippen molar-refractivity contribution in [2.24, 2.45) is 0 Å². The van der Waals surface area contributed by atoms with Crippen LogP contribution in [0.25, 0.3) is 0 Å². The maximum atomic E-state index is 10.4. The standard InChI is InChI=1S/C16H23NO2S2/c1-16(18,7-8-19-2)12-17-14(15-6-4-10-21-15)11-13-5-3-9-20-13/h3-6,9-10,14,17-18H,7-8,11-12H2,1-2H3. The van der Waals surface area contributed by atoms with Crippen LogP contribution in [0.2, 0.25) is 0 Å². The fourth-order valence-corrected chi connectivity index (χ4v) is 3.70. The SMILES string of the molecule is COCCC(C)(O)CNC(Cc1cccs1)c1cccs1. The predicted molar refractivity (Wildman–Crippen MR) is 90.2 cm³/mol. The van der Waals surface area contributed by atoms with Crippen LogP contribution in [-0.4, -0.2) is 31.0 Å². The third kappa shape index (κ3) is 5.52. The Balaban J connectivity index is 1.96. The highest BCUT2D eigenvalue weighted by molar-refractivity contribution is 7.10. The molecular formula is C16H23NO2S2. The van der Waals surface area contributed by atoms with Crippen molar-refractivity contribution < 1.29 is 9.84 Å². The predicted octanol–water partition coefficient (Wildman–Crippen LogP) is 3.47. The summed E-state index contributed by atoms with van der Waals surface area (Å²) < 4.78 is 5.06. The van der Waals surface area contributed by atoms with Crippen molar-refractivity contribution in [3.8, 4) is 0 Å². The molecule has 0 aliphatic carbocycles. The monoisotopic (exact) mass is 325 g/mol. The van der Waals surface area contributed by atoms with Crippen LogP contribution in [-0.2, 0) is 11.2 Å². The molecule has 5 heteroatoms. The van der Waals surface area contributed by atoms with E-state index in [1.54, 1.807) is 29.8 Å². The minimum Gasteiger partial charge on any atom is -0.389 e. The molecule has 0 amide bonds. The van der Waals surface area contributed by atoms with E-state index < -0.39 is 5.60 Å². The molecule has 0 radical (unpaired) electrons. The van der Waals surface area contributed by atoms with Crippen LogP contribution >= 0.6 is 22.7 Å². The van der Waals surface area contributed by atoms with E-state index in [1.807, 2.05) is 6.92 Å². The summed E-state index contributed by atoms with van der Waals surface area (Å²) in [7, 11) is 1.66. The maximum Gasteiger partial charge on any atom is 0.0765 e. The first-order chi connectivity index (χ1) is 10.1. The van der Waals surface area contributed by atoms with Crippen LogP contribution < -0.4 is 5.32 Å². The van der Waals surface area contributed by atoms with Gasteiger partial charge in [-0.3, -0.25) is 0 Å². The molecule has 21 heavy (non-hydrogen) atoms. The molecule has 0 aromatic carbocycles. The van der Waals surface area contributed by atoms with Gasteiger partial charge in [0.1, 0.15) is 0 Å². The van der Waals surface area contributed by atoms with Crippen molar-refractivity contribution in [2.75, 3.05) is 20.3 Å². The number of thiophene rings is 2. The molecule has 0 saturated carbocycles. The lowest BCUT2D eigenvalue weighted by atomic mass is 10.0. The number of ether oxygens (including phenoxy) is 1.